The van der Waals surface area contributed by atoms with E-state index in [4.69, 9.17) is 0 Å². The molecule has 0 heterocycles. The zero-order valence-electron chi connectivity index (χ0n) is 10.0. The minimum atomic E-state index is -0.371. The van der Waals surface area contributed by atoms with E-state index in [9.17, 15) is 9.18 Å². The summed E-state index contributed by atoms with van der Waals surface area (Å²) in [6.45, 7) is 0. The van der Waals surface area contributed by atoms with Gasteiger partial charge in [0.05, 0.1) is 4.47 Å². The van der Waals surface area contributed by atoms with Crippen molar-refractivity contribution in [2.24, 2.45) is 0 Å². The Bertz CT molecular complexity index is 485. The van der Waals surface area contributed by atoms with Crippen LogP contribution in [0.3, 0.4) is 0 Å². The lowest BCUT2D eigenvalue weighted by molar-refractivity contribution is -0.115. The second kappa shape index (κ2) is 6.14. The highest BCUT2D eigenvalue weighted by Gasteiger charge is 2.10. The zero-order chi connectivity index (χ0) is 13.0. The van der Waals surface area contributed by atoms with Crippen molar-refractivity contribution in [3.05, 3.63) is 40.1 Å². The number of hydrogen-bond donors (Lipinski definition) is 1. The molecule has 0 spiro atoms. The van der Waals surface area contributed by atoms with E-state index < -0.39 is 0 Å². The Balaban J connectivity index is 1.94. The van der Waals surface area contributed by atoms with Gasteiger partial charge in [0.25, 0.3) is 0 Å². The van der Waals surface area contributed by atoms with Crippen LogP contribution in [0, 0.1) is 5.82 Å². The first kappa shape index (κ1) is 13.3. The third-order valence-corrected chi connectivity index (χ3v) is 3.62. The van der Waals surface area contributed by atoms with Gasteiger partial charge >= 0.3 is 0 Å². The van der Waals surface area contributed by atoms with Gasteiger partial charge in [-0.1, -0.05) is 11.6 Å². The number of carbonyl (C=O) groups is 1. The van der Waals surface area contributed by atoms with Gasteiger partial charge in [0, 0.05) is 12.1 Å². The molecular formula is C14H15BrFNO. The summed E-state index contributed by atoms with van der Waals surface area (Å²) in [5, 5.41) is 2.72. The molecule has 0 fully saturated rings. The Labute approximate surface area is 114 Å². The molecule has 0 unspecified atom stereocenters. The summed E-state index contributed by atoms with van der Waals surface area (Å²) in [5.74, 6) is -0.449. The molecule has 96 valence electrons. The fourth-order valence-corrected chi connectivity index (χ4v) is 2.30. The summed E-state index contributed by atoms with van der Waals surface area (Å²) < 4.78 is 13.7. The zero-order valence-corrected chi connectivity index (χ0v) is 11.6. The number of carbonyl (C=O) groups excluding carboxylic acids is 1. The molecule has 1 aromatic rings. The van der Waals surface area contributed by atoms with Crippen LogP contribution in [0.2, 0.25) is 0 Å². The summed E-state index contributed by atoms with van der Waals surface area (Å²) in [7, 11) is 0. The minimum absolute atomic E-state index is 0.0788. The van der Waals surface area contributed by atoms with Crippen molar-refractivity contribution in [2.45, 2.75) is 32.1 Å². The summed E-state index contributed by atoms with van der Waals surface area (Å²) >= 11 is 3.08. The van der Waals surface area contributed by atoms with E-state index in [0.717, 1.165) is 19.3 Å². The van der Waals surface area contributed by atoms with Crippen LogP contribution in [-0.2, 0) is 4.79 Å². The Morgan fingerprint density at radius 1 is 1.39 bits per heavy atom. The first-order chi connectivity index (χ1) is 8.65. The number of benzene rings is 1. The van der Waals surface area contributed by atoms with Gasteiger partial charge in [0.15, 0.2) is 0 Å². The van der Waals surface area contributed by atoms with Crippen LogP contribution in [0.5, 0.6) is 0 Å². The summed E-state index contributed by atoms with van der Waals surface area (Å²) in [4.78, 5) is 11.8. The van der Waals surface area contributed by atoms with Crippen molar-refractivity contribution in [1.29, 1.82) is 0 Å². The van der Waals surface area contributed by atoms with Crippen molar-refractivity contribution in [3.8, 4) is 0 Å². The smallest absolute Gasteiger partial charge is 0.228 e. The molecule has 4 heteroatoms. The molecule has 1 N–H and O–H groups in total. The lowest BCUT2D eigenvalue weighted by Crippen LogP contribution is -2.13. The SMILES string of the molecule is O=C(CC1=CCCCC1)Nc1ccc(Br)c(F)c1. The lowest BCUT2D eigenvalue weighted by atomic mass is 9.97. The van der Waals surface area contributed by atoms with Gasteiger partial charge in [-0.3, -0.25) is 4.79 Å². The summed E-state index contributed by atoms with van der Waals surface area (Å²) in [6.07, 6.45) is 7.00. The molecule has 0 saturated heterocycles. The van der Waals surface area contributed by atoms with Crippen LogP contribution in [-0.4, -0.2) is 5.91 Å². The standard InChI is InChI=1S/C14H15BrFNO/c15-12-7-6-11(9-13(12)16)17-14(18)8-10-4-2-1-3-5-10/h4,6-7,9H,1-3,5,8H2,(H,17,18). The largest absolute Gasteiger partial charge is 0.326 e. The third kappa shape index (κ3) is 3.67. The van der Waals surface area contributed by atoms with Crippen molar-refractivity contribution >= 4 is 27.5 Å². The molecule has 2 nitrogen and oxygen atoms in total. The number of rotatable bonds is 3. The Kier molecular flexibility index (Phi) is 4.53. The second-order valence-electron chi connectivity index (χ2n) is 4.46. The number of nitrogens with one attached hydrogen (secondary N) is 1. The monoisotopic (exact) mass is 311 g/mol. The van der Waals surface area contributed by atoms with Crippen molar-refractivity contribution < 1.29 is 9.18 Å². The molecule has 1 amide bonds. The van der Waals surface area contributed by atoms with E-state index in [1.807, 2.05) is 0 Å². The fraction of sp³-hybridized carbons (Fsp3) is 0.357. The summed E-state index contributed by atoms with van der Waals surface area (Å²) in [5.41, 5.74) is 1.69. The predicted molar refractivity (Wildman–Crippen MR) is 73.9 cm³/mol. The van der Waals surface area contributed by atoms with Gasteiger partial charge in [0.2, 0.25) is 5.91 Å². The van der Waals surface area contributed by atoms with E-state index in [1.165, 1.54) is 18.1 Å². The molecule has 1 aliphatic rings. The quantitative estimate of drug-likeness (QED) is 0.823. The fourth-order valence-electron chi connectivity index (χ4n) is 2.05. The molecule has 0 radical (unpaired) electrons. The van der Waals surface area contributed by atoms with Crippen molar-refractivity contribution in [3.63, 3.8) is 0 Å². The number of amides is 1. The predicted octanol–water partition coefficient (Wildman–Crippen LogP) is 4.42. The Hall–Kier alpha value is -1.16. The topological polar surface area (TPSA) is 29.1 Å². The Morgan fingerprint density at radius 3 is 2.89 bits per heavy atom. The van der Waals surface area contributed by atoms with Gasteiger partial charge in [0.1, 0.15) is 5.82 Å². The van der Waals surface area contributed by atoms with E-state index in [0.29, 0.717) is 16.6 Å². The second-order valence-corrected chi connectivity index (χ2v) is 5.32. The molecular weight excluding hydrogens is 297 g/mol. The van der Waals surface area contributed by atoms with E-state index in [1.54, 1.807) is 12.1 Å². The van der Waals surface area contributed by atoms with Crippen molar-refractivity contribution in [1.82, 2.24) is 0 Å². The maximum atomic E-state index is 13.3. The van der Waals surface area contributed by atoms with Crippen LogP contribution < -0.4 is 5.32 Å². The average molecular weight is 312 g/mol. The minimum Gasteiger partial charge on any atom is -0.326 e. The van der Waals surface area contributed by atoms with Crippen molar-refractivity contribution in [2.75, 3.05) is 5.32 Å². The van der Waals surface area contributed by atoms with Gasteiger partial charge < -0.3 is 5.32 Å². The summed E-state index contributed by atoms with van der Waals surface area (Å²) in [6, 6.07) is 4.59. The molecule has 18 heavy (non-hydrogen) atoms. The lowest BCUT2D eigenvalue weighted by Gasteiger charge is -2.12. The highest BCUT2D eigenvalue weighted by Crippen LogP contribution is 2.22. The molecule has 1 aromatic carbocycles. The van der Waals surface area contributed by atoms with Crippen LogP contribution in [0.4, 0.5) is 10.1 Å². The molecule has 2 rings (SSSR count). The van der Waals surface area contributed by atoms with Gasteiger partial charge in [-0.2, -0.15) is 0 Å². The van der Waals surface area contributed by atoms with Gasteiger partial charge in [-0.05, 0) is 59.8 Å². The number of anilines is 1. The molecule has 0 saturated carbocycles. The first-order valence-electron chi connectivity index (χ1n) is 6.08. The maximum absolute atomic E-state index is 13.3. The normalized spacial score (nSPS) is 15.1. The first-order valence-corrected chi connectivity index (χ1v) is 6.87. The van der Waals surface area contributed by atoms with Gasteiger partial charge in [-0.15, -0.1) is 0 Å². The highest BCUT2D eigenvalue weighted by atomic mass is 79.9. The Morgan fingerprint density at radius 2 is 2.22 bits per heavy atom. The van der Waals surface area contributed by atoms with E-state index in [2.05, 4.69) is 27.3 Å². The molecule has 1 aliphatic carbocycles. The van der Waals surface area contributed by atoms with Gasteiger partial charge in [-0.25, -0.2) is 4.39 Å². The van der Waals surface area contributed by atoms with Crippen LogP contribution in [0.1, 0.15) is 32.1 Å². The molecule has 0 bridgehead atoms. The van der Waals surface area contributed by atoms with Crippen LogP contribution in [0.25, 0.3) is 0 Å². The van der Waals surface area contributed by atoms with E-state index >= 15 is 0 Å². The number of hydrogen-bond acceptors (Lipinski definition) is 1. The van der Waals surface area contributed by atoms with E-state index in [-0.39, 0.29) is 11.7 Å². The third-order valence-electron chi connectivity index (χ3n) is 2.98. The van der Waals surface area contributed by atoms with Crippen LogP contribution >= 0.6 is 15.9 Å². The molecule has 0 atom stereocenters. The maximum Gasteiger partial charge on any atom is 0.228 e. The highest BCUT2D eigenvalue weighted by molar-refractivity contribution is 9.10. The molecule has 0 aliphatic heterocycles. The average Bonchev–Trinajstić information content (AvgIpc) is 2.35. The number of halogens is 2. The van der Waals surface area contributed by atoms with Crippen LogP contribution in [0.15, 0.2) is 34.3 Å². The molecule has 0 aromatic heterocycles. The number of allylic oxidation sites excluding steroid dienone is 1.